The van der Waals surface area contributed by atoms with E-state index in [1.54, 1.807) is 24.7 Å². The van der Waals surface area contributed by atoms with Crippen molar-refractivity contribution in [2.75, 3.05) is 49.1 Å². The van der Waals surface area contributed by atoms with Gasteiger partial charge in [0.15, 0.2) is 5.03 Å². The quantitative estimate of drug-likeness (QED) is 0.748. The van der Waals surface area contributed by atoms with Crippen molar-refractivity contribution in [3.8, 4) is 0 Å². The molecule has 2 aromatic heterocycles. The predicted molar refractivity (Wildman–Crippen MR) is 107 cm³/mol. The van der Waals surface area contributed by atoms with Gasteiger partial charge >= 0.3 is 0 Å². The van der Waals surface area contributed by atoms with Crippen LogP contribution in [0, 0.1) is 13.8 Å². The summed E-state index contributed by atoms with van der Waals surface area (Å²) >= 11 is 0. The van der Waals surface area contributed by atoms with E-state index in [4.69, 9.17) is 4.98 Å². The fourth-order valence-electron chi connectivity index (χ4n) is 3.70. The molecule has 28 heavy (non-hydrogen) atoms. The molecule has 2 aromatic rings. The summed E-state index contributed by atoms with van der Waals surface area (Å²) in [6.45, 7) is 7.76. The normalized spacial score (nSPS) is 18.8. The Morgan fingerprint density at radius 3 is 2.18 bits per heavy atom. The highest BCUT2D eigenvalue weighted by Crippen LogP contribution is 2.23. The van der Waals surface area contributed by atoms with E-state index in [0.29, 0.717) is 38.0 Å². The molecule has 0 unspecified atom stereocenters. The molecule has 9 nitrogen and oxygen atoms in total. The molecule has 2 fully saturated rings. The molecule has 0 amide bonds. The van der Waals surface area contributed by atoms with Crippen LogP contribution in [0.2, 0.25) is 0 Å². The average molecular weight is 406 g/mol. The lowest BCUT2D eigenvalue weighted by molar-refractivity contribution is 0.381. The van der Waals surface area contributed by atoms with Gasteiger partial charge in [-0.05, 0) is 26.7 Å². The Hall–Kier alpha value is -2.20. The van der Waals surface area contributed by atoms with Crippen molar-refractivity contribution in [1.82, 2.24) is 23.8 Å². The monoisotopic (exact) mass is 405 g/mol. The first-order valence-electron chi connectivity index (χ1n) is 9.70. The van der Waals surface area contributed by atoms with Gasteiger partial charge in [0.05, 0.1) is 0 Å². The number of nitrogens with zero attached hydrogens (tertiary/aromatic N) is 7. The number of hydrogen-bond acceptors (Lipinski definition) is 7. The topological polar surface area (TPSA) is 87.5 Å². The Bertz CT molecular complexity index is 939. The smallest absolute Gasteiger partial charge is 0.262 e. The van der Waals surface area contributed by atoms with Crippen LogP contribution in [0.15, 0.2) is 17.3 Å². The van der Waals surface area contributed by atoms with Gasteiger partial charge in [-0.3, -0.25) is 0 Å². The van der Waals surface area contributed by atoms with E-state index in [2.05, 4.69) is 19.8 Å². The molecule has 2 saturated heterocycles. The fourth-order valence-corrected chi connectivity index (χ4v) is 5.14. The minimum absolute atomic E-state index is 0.115. The third-order valence-electron chi connectivity index (χ3n) is 5.47. The first-order chi connectivity index (χ1) is 13.3. The molecular weight excluding hydrogens is 378 g/mol. The Balaban J connectivity index is 1.48. The number of imidazole rings is 1. The first kappa shape index (κ1) is 19.1. The standard InChI is InChI=1S/C18H27N7O2S/c1-14-12-16(23-6-4-5-7-23)21-18(19-14)24-8-10-25(11-9-24)28(26,27)17-13-22(3)15(2)20-17/h12-13H,4-11H2,1-3H3. The zero-order valence-corrected chi connectivity index (χ0v) is 17.5. The number of aromatic nitrogens is 4. The summed E-state index contributed by atoms with van der Waals surface area (Å²) in [6.07, 6.45) is 3.97. The van der Waals surface area contributed by atoms with E-state index in [9.17, 15) is 8.42 Å². The number of hydrogen-bond donors (Lipinski definition) is 0. The van der Waals surface area contributed by atoms with Crippen LogP contribution in [-0.2, 0) is 17.1 Å². The van der Waals surface area contributed by atoms with E-state index in [0.717, 1.165) is 24.6 Å². The number of sulfonamides is 1. The molecular formula is C18H27N7O2S. The summed E-state index contributed by atoms with van der Waals surface area (Å²) in [4.78, 5) is 17.9. The largest absolute Gasteiger partial charge is 0.356 e. The van der Waals surface area contributed by atoms with Gasteiger partial charge in [0, 0.05) is 64.3 Å². The highest BCUT2D eigenvalue weighted by atomic mass is 32.2. The third kappa shape index (κ3) is 3.58. The lowest BCUT2D eigenvalue weighted by Gasteiger charge is -2.34. The van der Waals surface area contributed by atoms with Gasteiger partial charge < -0.3 is 14.4 Å². The van der Waals surface area contributed by atoms with Crippen LogP contribution in [0.1, 0.15) is 24.4 Å². The van der Waals surface area contributed by atoms with Crippen molar-refractivity contribution in [3.63, 3.8) is 0 Å². The highest BCUT2D eigenvalue weighted by molar-refractivity contribution is 7.89. The van der Waals surface area contributed by atoms with Crippen LogP contribution in [0.3, 0.4) is 0 Å². The molecule has 0 N–H and O–H groups in total. The van der Waals surface area contributed by atoms with E-state index in [-0.39, 0.29) is 5.03 Å². The molecule has 0 spiro atoms. The minimum Gasteiger partial charge on any atom is -0.356 e. The molecule has 152 valence electrons. The Morgan fingerprint density at radius 2 is 1.57 bits per heavy atom. The lowest BCUT2D eigenvalue weighted by Crippen LogP contribution is -2.49. The number of anilines is 2. The van der Waals surface area contributed by atoms with Gasteiger partial charge in [0.1, 0.15) is 11.6 Å². The molecule has 0 aliphatic carbocycles. The maximum atomic E-state index is 12.9. The van der Waals surface area contributed by atoms with E-state index >= 15 is 0 Å². The van der Waals surface area contributed by atoms with E-state index in [1.165, 1.54) is 17.1 Å². The summed E-state index contributed by atoms with van der Waals surface area (Å²) in [5.74, 6) is 2.34. The second-order valence-corrected chi connectivity index (χ2v) is 9.37. The van der Waals surface area contributed by atoms with Crippen LogP contribution in [0.4, 0.5) is 11.8 Å². The maximum absolute atomic E-state index is 12.9. The average Bonchev–Trinajstić information content (AvgIpc) is 3.32. The number of rotatable bonds is 4. The minimum atomic E-state index is -3.57. The summed E-state index contributed by atoms with van der Waals surface area (Å²) in [7, 11) is -1.78. The van der Waals surface area contributed by atoms with Crippen molar-refractivity contribution in [2.45, 2.75) is 31.7 Å². The molecule has 2 aliphatic heterocycles. The van der Waals surface area contributed by atoms with Gasteiger partial charge in [-0.15, -0.1) is 0 Å². The maximum Gasteiger partial charge on any atom is 0.262 e. The molecule has 2 aliphatic rings. The van der Waals surface area contributed by atoms with Crippen LogP contribution >= 0.6 is 0 Å². The van der Waals surface area contributed by atoms with E-state index < -0.39 is 10.0 Å². The fraction of sp³-hybridized carbons (Fsp3) is 0.611. The Kier molecular flexibility index (Phi) is 5.00. The molecule has 4 rings (SSSR count). The van der Waals surface area contributed by atoms with Gasteiger partial charge in [-0.25, -0.2) is 18.4 Å². The second kappa shape index (κ2) is 7.32. The summed E-state index contributed by atoms with van der Waals surface area (Å²) < 4.78 is 29.0. The Labute approximate surface area is 166 Å². The number of piperazine rings is 1. The highest BCUT2D eigenvalue weighted by Gasteiger charge is 2.31. The van der Waals surface area contributed by atoms with Gasteiger partial charge in [0.2, 0.25) is 5.95 Å². The molecule has 0 atom stereocenters. The third-order valence-corrected chi connectivity index (χ3v) is 7.24. The van der Waals surface area contributed by atoms with Crippen LogP contribution < -0.4 is 9.80 Å². The summed E-state index contributed by atoms with van der Waals surface area (Å²) in [5.41, 5.74) is 0.936. The SMILES string of the molecule is Cc1cc(N2CCCC2)nc(N2CCN(S(=O)(=O)c3cn(C)c(C)n3)CC2)n1. The second-order valence-electron chi connectivity index (χ2n) is 7.49. The van der Waals surface area contributed by atoms with Crippen molar-refractivity contribution in [2.24, 2.45) is 7.05 Å². The van der Waals surface area contributed by atoms with Crippen LogP contribution in [0.25, 0.3) is 0 Å². The van der Waals surface area contributed by atoms with Crippen molar-refractivity contribution < 1.29 is 8.42 Å². The van der Waals surface area contributed by atoms with Crippen molar-refractivity contribution in [1.29, 1.82) is 0 Å². The molecule has 0 bridgehead atoms. The van der Waals surface area contributed by atoms with Gasteiger partial charge in [0.25, 0.3) is 10.0 Å². The first-order valence-corrected chi connectivity index (χ1v) is 11.1. The molecule has 0 aromatic carbocycles. The van der Waals surface area contributed by atoms with Gasteiger partial charge in [-0.2, -0.15) is 9.29 Å². The summed E-state index contributed by atoms with van der Waals surface area (Å²) in [6, 6.07) is 2.03. The molecule has 4 heterocycles. The molecule has 0 radical (unpaired) electrons. The zero-order valence-electron chi connectivity index (χ0n) is 16.7. The van der Waals surface area contributed by atoms with E-state index in [1.807, 2.05) is 13.0 Å². The molecule has 0 saturated carbocycles. The van der Waals surface area contributed by atoms with Gasteiger partial charge in [-0.1, -0.05) is 0 Å². The summed E-state index contributed by atoms with van der Waals surface area (Å²) in [5, 5.41) is 0.115. The Morgan fingerprint density at radius 1 is 0.893 bits per heavy atom. The molecule has 10 heteroatoms. The van der Waals surface area contributed by atoms with Crippen LogP contribution in [-0.4, -0.2) is 71.5 Å². The predicted octanol–water partition coefficient (Wildman–Crippen LogP) is 0.938. The van der Waals surface area contributed by atoms with Crippen LogP contribution in [0.5, 0.6) is 0 Å². The zero-order chi connectivity index (χ0) is 19.9. The van der Waals surface area contributed by atoms with Crippen molar-refractivity contribution >= 4 is 21.8 Å². The van der Waals surface area contributed by atoms with Crippen molar-refractivity contribution in [3.05, 3.63) is 23.8 Å². The lowest BCUT2D eigenvalue weighted by atomic mass is 10.3. The number of aryl methyl sites for hydroxylation is 3.